The van der Waals surface area contributed by atoms with E-state index in [1.54, 1.807) is 7.11 Å². The van der Waals surface area contributed by atoms with Crippen molar-refractivity contribution in [1.82, 2.24) is 15.2 Å². The number of carbonyl (C=O) groups excluding carboxylic acids is 1. The minimum absolute atomic E-state index is 0.0431. The van der Waals surface area contributed by atoms with Crippen LogP contribution < -0.4 is 10.1 Å². The fourth-order valence-corrected chi connectivity index (χ4v) is 3.78. The largest absolute Gasteiger partial charge is 0.497 e. The molecule has 6 heteroatoms. The zero-order valence-electron chi connectivity index (χ0n) is 14.1. The molecule has 0 spiro atoms. The second-order valence-electron chi connectivity index (χ2n) is 5.91. The highest BCUT2D eigenvalue weighted by atomic mass is 32.1. The van der Waals surface area contributed by atoms with Gasteiger partial charge < -0.3 is 15.0 Å². The molecule has 1 aromatic heterocycles. The lowest BCUT2D eigenvalue weighted by Gasteiger charge is -2.27. The summed E-state index contributed by atoms with van der Waals surface area (Å²) in [6, 6.07) is 8.04. The first-order valence-corrected chi connectivity index (χ1v) is 9.22. The van der Waals surface area contributed by atoms with E-state index in [0.29, 0.717) is 5.69 Å². The summed E-state index contributed by atoms with van der Waals surface area (Å²) in [5, 5.41) is 6.07. The van der Waals surface area contributed by atoms with Crippen molar-refractivity contribution in [3.05, 3.63) is 35.3 Å². The SMILES string of the molecule is CCCN(C(=O)c1csc(-c2ccc(OC)cc2)n1)C1CCNC1. The molecule has 1 saturated heterocycles. The van der Waals surface area contributed by atoms with E-state index >= 15 is 0 Å². The Morgan fingerprint density at radius 2 is 2.21 bits per heavy atom. The molecule has 0 bridgehead atoms. The molecule has 5 nitrogen and oxygen atoms in total. The Balaban J connectivity index is 1.78. The molecule has 2 aromatic rings. The topological polar surface area (TPSA) is 54.5 Å². The maximum Gasteiger partial charge on any atom is 0.273 e. The minimum atomic E-state index is 0.0431. The van der Waals surface area contributed by atoms with E-state index < -0.39 is 0 Å². The minimum Gasteiger partial charge on any atom is -0.497 e. The quantitative estimate of drug-likeness (QED) is 0.874. The maximum absolute atomic E-state index is 12.9. The van der Waals surface area contributed by atoms with E-state index in [9.17, 15) is 4.79 Å². The van der Waals surface area contributed by atoms with Gasteiger partial charge in [-0.15, -0.1) is 11.3 Å². The number of benzene rings is 1. The van der Waals surface area contributed by atoms with Crippen molar-refractivity contribution in [1.29, 1.82) is 0 Å². The maximum atomic E-state index is 12.9. The van der Waals surface area contributed by atoms with Crippen LogP contribution in [0.4, 0.5) is 0 Å². The molecule has 1 amide bonds. The van der Waals surface area contributed by atoms with E-state index in [2.05, 4.69) is 17.2 Å². The second kappa shape index (κ2) is 7.77. The van der Waals surface area contributed by atoms with Gasteiger partial charge in [-0.05, 0) is 43.7 Å². The summed E-state index contributed by atoms with van der Waals surface area (Å²) in [6.45, 7) is 4.74. The lowest BCUT2D eigenvalue weighted by atomic mass is 10.2. The molecule has 0 saturated carbocycles. The molecule has 1 aliphatic heterocycles. The number of carbonyl (C=O) groups is 1. The number of rotatable bonds is 6. The monoisotopic (exact) mass is 345 g/mol. The van der Waals surface area contributed by atoms with Crippen LogP contribution in [0, 0.1) is 0 Å². The summed E-state index contributed by atoms with van der Waals surface area (Å²) >= 11 is 1.51. The molecule has 128 valence electrons. The number of hydrogen-bond donors (Lipinski definition) is 1. The van der Waals surface area contributed by atoms with Gasteiger partial charge in [-0.2, -0.15) is 0 Å². The fourth-order valence-electron chi connectivity index (χ4n) is 2.98. The third kappa shape index (κ3) is 3.60. The molecule has 24 heavy (non-hydrogen) atoms. The van der Waals surface area contributed by atoms with Gasteiger partial charge >= 0.3 is 0 Å². The Labute approximate surface area is 146 Å². The first kappa shape index (κ1) is 16.9. The van der Waals surface area contributed by atoms with Gasteiger partial charge in [-0.25, -0.2) is 4.98 Å². The van der Waals surface area contributed by atoms with Crippen LogP contribution in [0.5, 0.6) is 5.75 Å². The van der Waals surface area contributed by atoms with Crippen molar-refractivity contribution in [2.75, 3.05) is 26.7 Å². The van der Waals surface area contributed by atoms with Crippen LogP contribution in [0.25, 0.3) is 10.6 Å². The molecule has 1 fully saturated rings. The number of amides is 1. The van der Waals surface area contributed by atoms with Crippen molar-refractivity contribution in [2.24, 2.45) is 0 Å². The second-order valence-corrected chi connectivity index (χ2v) is 6.77. The van der Waals surface area contributed by atoms with E-state index in [-0.39, 0.29) is 11.9 Å². The smallest absolute Gasteiger partial charge is 0.273 e. The number of ether oxygens (including phenoxy) is 1. The van der Waals surface area contributed by atoms with Gasteiger partial charge in [-0.1, -0.05) is 6.92 Å². The van der Waals surface area contributed by atoms with Crippen LogP contribution >= 0.6 is 11.3 Å². The van der Waals surface area contributed by atoms with Crippen LogP contribution in [0.15, 0.2) is 29.6 Å². The summed E-state index contributed by atoms with van der Waals surface area (Å²) in [7, 11) is 1.65. The van der Waals surface area contributed by atoms with Gasteiger partial charge in [0, 0.05) is 30.1 Å². The summed E-state index contributed by atoms with van der Waals surface area (Å²) in [5.74, 6) is 0.857. The van der Waals surface area contributed by atoms with Crippen molar-refractivity contribution in [3.63, 3.8) is 0 Å². The van der Waals surface area contributed by atoms with Gasteiger partial charge in [0.05, 0.1) is 7.11 Å². The number of nitrogens with one attached hydrogen (secondary N) is 1. The Morgan fingerprint density at radius 3 is 2.83 bits per heavy atom. The van der Waals surface area contributed by atoms with E-state index in [0.717, 1.165) is 48.8 Å². The van der Waals surface area contributed by atoms with E-state index in [1.807, 2.05) is 34.5 Å². The number of thiazole rings is 1. The van der Waals surface area contributed by atoms with Crippen LogP contribution in [-0.4, -0.2) is 48.6 Å². The number of aromatic nitrogens is 1. The fraction of sp³-hybridized carbons (Fsp3) is 0.444. The van der Waals surface area contributed by atoms with Gasteiger partial charge in [0.25, 0.3) is 5.91 Å². The van der Waals surface area contributed by atoms with Gasteiger partial charge in [0.1, 0.15) is 16.5 Å². The molecular formula is C18H23N3O2S. The van der Waals surface area contributed by atoms with Crippen molar-refractivity contribution in [3.8, 4) is 16.3 Å². The van der Waals surface area contributed by atoms with E-state index in [4.69, 9.17) is 4.74 Å². The lowest BCUT2D eigenvalue weighted by molar-refractivity contribution is 0.0687. The molecule has 2 heterocycles. The Bertz CT molecular complexity index is 678. The standard InChI is InChI=1S/C18H23N3O2S/c1-3-10-21(14-8-9-19-11-14)18(22)16-12-24-17(20-16)13-4-6-15(23-2)7-5-13/h4-7,12,14,19H,3,8-11H2,1-2H3. The average molecular weight is 345 g/mol. The molecule has 0 radical (unpaired) electrons. The van der Waals surface area contributed by atoms with Crippen molar-refractivity contribution >= 4 is 17.2 Å². The third-order valence-corrected chi connectivity index (χ3v) is 5.15. The number of hydrogen-bond acceptors (Lipinski definition) is 5. The van der Waals surface area contributed by atoms with Gasteiger partial charge in [0.15, 0.2) is 0 Å². The van der Waals surface area contributed by atoms with Crippen molar-refractivity contribution < 1.29 is 9.53 Å². The average Bonchev–Trinajstić information content (AvgIpc) is 3.31. The third-order valence-electron chi connectivity index (χ3n) is 4.26. The summed E-state index contributed by atoms with van der Waals surface area (Å²) in [6.07, 6.45) is 1.97. The van der Waals surface area contributed by atoms with Gasteiger partial charge in [-0.3, -0.25) is 4.79 Å². The molecule has 1 aliphatic rings. The Morgan fingerprint density at radius 1 is 1.42 bits per heavy atom. The molecule has 1 atom stereocenters. The van der Waals surface area contributed by atoms with Crippen molar-refractivity contribution in [2.45, 2.75) is 25.8 Å². The summed E-state index contributed by atoms with van der Waals surface area (Å²) in [5.41, 5.74) is 1.55. The molecule has 1 unspecified atom stereocenters. The molecular weight excluding hydrogens is 322 g/mol. The first-order valence-electron chi connectivity index (χ1n) is 8.34. The Hall–Kier alpha value is -1.92. The highest BCUT2D eigenvalue weighted by molar-refractivity contribution is 7.13. The summed E-state index contributed by atoms with van der Waals surface area (Å²) in [4.78, 5) is 19.4. The van der Waals surface area contributed by atoms with Crippen LogP contribution in [0.1, 0.15) is 30.3 Å². The molecule has 1 N–H and O–H groups in total. The zero-order chi connectivity index (χ0) is 16.9. The Kier molecular flexibility index (Phi) is 5.48. The number of methoxy groups -OCH3 is 1. The molecule has 3 rings (SSSR count). The highest BCUT2D eigenvalue weighted by Gasteiger charge is 2.28. The summed E-state index contributed by atoms with van der Waals surface area (Å²) < 4.78 is 5.18. The van der Waals surface area contributed by atoms with Crippen LogP contribution in [0.3, 0.4) is 0 Å². The first-order chi connectivity index (χ1) is 11.7. The van der Waals surface area contributed by atoms with Crippen LogP contribution in [-0.2, 0) is 0 Å². The normalized spacial score (nSPS) is 17.0. The van der Waals surface area contributed by atoms with E-state index in [1.165, 1.54) is 11.3 Å². The number of nitrogens with zero attached hydrogens (tertiary/aromatic N) is 2. The van der Waals surface area contributed by atoms with Gasteiger partial charge in [0.2, 0.25) is 0 Å². The molecule has 1 aromatic carbocycles. The van der Waals surface area contributed by atoms with Crippen LogP contribution in [0.2, 0.25) is 0 Å². The predicted molar refractivity (Wildman–Crippen MR) is 96.7 cm³/mol. The lowest BCUT2D eigenvalue weighted by Crippen LogP contribution is -2.42. The predicted octanol–water partition coefficient (Wildman–Crippen LogP) is 3.03. The highest BCUT2D eigenvalue weighted by Crippen LogP contribution is 2.26. The zero-order valence-corrected chi connectivity index (χ0v) is 14.9. The molecule has 0 aliphatic carbocycles.